The number of hydrogen-bond acceptors (Lipinski definition) is 2. The Morgan fingerprint density at radius 1 is 0.923 bits per heavy atom. The Morgan fingerprint density at radius 2 is 1.38 bits per heavy atom. The molecule has 0 atom stereocenters. The van der Waals surface area contributed by atoms with Crippen LogP contribution in [0.3, 0.4) is 0 Å². The summed E-state index contributed by atoms with van der Waals surface area (Å²) in [6, 6.07) is 0. The normalized spacial score (nSPS) is 11.8. The number of halogens is 1. The second-order valence-corrected chi connectivity index (χ2v) is 5.46. The lowest BCUT2D eigenvalue weighted by molar-refractivity contribution is 0.478. The summed E-state index contributed by atoms with van der Waals surface area (Å²) in [6.07, 6.45) is 6.05. The molecule has 0 unspecified atom stereocenters. The number of rotatable bonds is 8. The predicted molar refractivity (Wildman–Crippen MR) is 57.9 cm³/mol. The van der Waals surface area contributed by atoms with Crippen molar-refractivity contribution in [2.75, 3.05) is 11.1 Å². The van der Waals surface area contributed by atoms with Crippen molar-refractivity contribution >= 4 is 26.0 Å². The average Bonchev–Trinajstić information content (AvgIpc) is 2.01. The van der Waals surface area contributed by atoms with E-state index in [1.165, 1.54) is 12.8 Å². The molecule has 0 aliphatic rings. The Bertz CT molecular complexity index is 201. The highest BCUT2D eigenvalue weighted by atomic mass is 79.9. The van der Waals surface area contributed by atoms with E-state index in [1.54, 1.807) is 0 Å². The van der Waals surface area contributed by atoms with Crippen LogP contribution in [0.5, 0.6) is 0 Å². The van der Waals surface area contributed by atoms with Gasteiger partial charge in [-0.2, -0.15) is 8.42 Å². The fraction of sp³-hybridized carbons (Fsp3) is 1.00. The van der Waals surface area contributed by atoms with Crippen molar-refractivity contribution in [2.24, 2.45) is 0 Å². The second-order valence-electron chi connectivity index (χ2n) is 3.10. The van der Waals surface area contributed by atoms with Crippen LogP contribution in [-0.4, -0.2) is 24.1 Å². The standard InChI is InChI=1S/C8H17BrO3S/c9-7-5-3-1-2-4-6-8-13(10,11)12/h1-8H2,(H,10,11,12). The van der Waals surface area contributed by atoms with Crippen LogP contribution in [0, 0.1) is 0 Å². The van der Waals surface area contributed by atoms with Crippen LogP contribution in [-0.2, 0) is 10.1 Å². The van der Waals surface area contributed by atoms with E-state index in [0.717, 1.165) is 24.6 Å². The van der Waals surface area contributed by atoms with Gasteiger partial charge in [-0.3, -0.25) is 4.55 Å². The molecule has 0 aliphatic heterocycles. The Morgan fingerprint density at radius 3 is 1.85 bits per heavy atom. The van der Waals surface area contributed by atoms with Crippen LogP contribution in [0.15, 0.2) is 0 Å². The fourth-order valence-corrected chi connectivity index (χ4v) is 2.05. The lowest BCUT2D eigenvalue weighted by atomic mass is 10.1. The Hall–Kier alpha value is 0.390. The van der Waals surface area contributed by atoms with E-state index in [0.29, 0.717) is 6.42 Å². The summed E-state index contributed by atoms with van der Waals surface area (Å²) < 4.78 is 29.1. The van der Waals surface area contributed by atoms with E-state index < -0.39 is 10.1 Å². The highest BCUT2D eigenvalue weighted by Crippen LogP contribution is 2.07. The summed E-state index contributed by atoms with van der Waals surface area (Å²) in [4.78, 5) is 0. The topological polar surface area (TPSA) is 54.4 Å². The van der Waals surface area contributed by atoms with Gasteiger partial charge in [-0.05, 0) is 12.8 Å². The predicted octanol–water partition coefficient (Wildman–Crippen LogP) is 2.61. The molecule has 0 saturated heterocycles. The summed E-state index contributed by atoms with van der Waals surface area (Å²) >= 11 is 3.35. The summed E-state index contributed by atoms with van der Waals surface area (Å²) in [5.74, 6) is -0.0918. The summed E-state index contributed by atoms with van der Waals surface area (Å²) in [5, 5.41) is 1.04. The molecule has 13 heavy (non-hydrogen) atoms. The van der Waals surface area contributed by atoms with Gasteiger partial charge >= 0.3 is 0 Å². The molecule has 0 spiro atoms. The quantitative estimate of drug-likeness (QED) is 0.420. The summed E-state index contributed by atoms with van der Waals surface area (Å²) in [7, 11) is -3.73. The molecule has 0 heterocycles. The monoisotopic (exact) mass is 272 g/mol. The lowest BCUT2D eigenvalue weighted by Crippen LogP contribution is -2.03. The third-order valence-corrected chi connectivity index (χ3v) is 3.15. The maximum Gasteiger partial charge on any atom is 0.264 e. The lowest BCUT2D eigenvalue weighted by Gasteiger charge is -1.99. The van der Waals surface area contributed by atoms with Gasteiger partial charge in [-0.25, -0.2) is 0 Å². The summed E-state index contributed by atoms with van der Waals surface area (Å²) in [5.41, 5.74) is 0. The first-order valence-electron chi connectivity index (χ1n) is 4.57. The Balaban J connectivity index is 3.09. The van der Waals surface area contributed by atoms with Crippen molar-refractivity contribution < 1.29 is 13.0 Å². The molecule has 5 heteroatoms. The van der Waals surface area contributed by atoms with Gasteiger partial charge in [0, 0.05) is 5.33 Å². The number of alkyl halides is 1. The van der Waals surface area contributed by atoms with Gasteiger partial charge in [0.05, 0.1) is 5.75 Å². The maximum atomic E-state index is 10.3. The molecule has 0 fully saturated rings. The van der Waals surface area contributed by atoms with Crippen molar-refractivity contribution in [3.05, 3.63) is 0 Å². The molecule has 0 saturated carbocycles. The Labute approximate surface area is 88.8 Å². The minimum atomic E-state index is -3.73. The van der Waals surface area contributed by atoms with Crippen molar-refractivity contribution in [2.45, 2.75) is 38.5 Å². The molecule has 0 bridgehead atoms. The fourth-order valence-electron chi connectivity index (χ4n) is 1.09. The average molecular weight is 273 g/mol. The zero-order valence-electron chi connectivity index (χ0n) is 7.71. The van der Waals surface area contributed by atoms with Crippen molar-refractivity contribution in [3.8, 4) is 0 Å². The molecular weight excluding hydrogens is 256 g/mol. The van der Waals surface area contributed by atoms with Crippen LogP contribution in [0.2, 0.25) is 0 Å². The SMILES string of the molecule is O=S(=O)(O)CCCCCCCCBr. The molecule has 1 N–H and O–H groups in total. The first-order chi connectivity index (χ1) is 6.06. The highest BCUT2D eigenvalue weighted by molar-refractivity contribution is 9.09. The van der Waals surface area contributed by atoms with E-state index in [1.807, 2.05) is 0 Å². The third-order valence-electron chi connectivity index (χ3n) is 1.79. The second kappa shape index (κ2) is 7.76. The molecule has 0 radical (unpaired) electrons. The molecule has 3 nitrogen and oxygen atoms in total. The first-order valence-corrected chi connectivity index (χ1v) is 7.30. The van der Waals surface area contributed by atoms with Crippen molar-refractivity contribution in [1.29, 1.82) is 0 Å². The van der Waals surface area contributed by atoms with E-state index in [2.05, 4.69) is 15.9 Å². The van der Waals surface area contributed by atoms with E-state index in [-0.39, 0.29) is 5.75 Å². The van der Waals surface area contributed by atoms with E-state index in [4.69, 9.17) is 4.55 Å². The van der Waals surface area contributed by atoms with Gasteiger partial charge in [0.15, 0.2) is 0 Å². The van der Waals surface area contributed by atoms with Gasteiger partial charge in [-0.1, -0.05) is 41.6 Å². The molecular formula is C8H17BrO3S. The highest BCUT2D eigenvalue weighted by Gasteiger charge is 2.02. The van der Waals surface area contributed by atoms with E-state index in [9.17, 15) is 8.42 Å². The van der Waals surface area contributed by atoms with Gasteiger partial charge in [0.25, 0.3) is 10.1 Å². The minimum absolute atomic E-state index is 0.0918. The zero-order valence-corrected chi connectivity index (χ0v) is 10.1. The van der Waals surface area contributed by atoms with Gasteiger partial charge in [-0.15, -0.1) is 0 Å². The molecule has 0 rings (SSSR count). The molecule has 0 aliphatic carbocycles. The van der Waals surface area contributed by atoms with Crippen LogP contribution >= 0.6 is 15.9 Å². The Kier molecular flexibility index (Phi) is 8.00. The van der Waals surface area contributed by atoms with Crippen LogP contribution < -0.4 is 0 Å². The molecule has 0 aromatic rings. The molecule has 0 aromatic heterocycles. The zero-order chi connectivity index (χ0) is 10.2. The van der Waals surface area contributed by atoms with Crippen LogP contribution in [0.25, 0.3) is 0 Å². The first kappa shape index (κ1) is 13.4. The molecule has 0 aromatic carbocycles. The molecule has 80 valence electrons. The maximum absolute atomic E-state index is 10.3. The van der Waals surface area contributed by atoms with E-state index >= 15 is 0 Å². The third kappa shape index (κ3) is 12.4. The van der Waals surface area contributed by atoms with Crippen LogP contribution in [0.4, 0.5) is 0 Å². The molecule has 0 amide bonds. The van der Waals surface area contributed by atoms with Crippen molar-refractivity contribution in [3.63, 3.8) is 0 Å². The number of unbranched alkanes of at least 4 members (excludes halogenated alkanes) is 5. The van der Waals surface area contributed by atoms with Crippen LogP contribution in [0.1, 0.15) is 38.5 Å². The minimum Gasteiger partial charge on any atom is -0.286 e. The van der Waals surface area contributed by atoms with Gasteiger partial charge in [0.1, 0.15) is 0 Å². The van der Waals surface area contributed by atoms with Crippen molar-refractivity contribution in [1.82, 2.24) is 0 Å². The largest absolute Gasteiger partial charge is 0.286 e. The summed E-state index contributed by atoms with van der Waals surface area (Å²) in [6.45, 7) is 0. The van der Waals surface area contributed by atoms with Gasteiger partial charge < -0.3 is 0 Å². The van der Waals surface area contributed by atoms with Gasteiger partial charge in [0.2, 0.25) is 0 Å². The smallest absolute Gasteiger partial charge is 0.264 e. The number of hydrogen-bond donors (Lipinski definition) is 1.